The number of hydrogen-bond acceptors (Lipinski definition) is 6. The van der Waals surface area contributed by atoms with Crippen LogP contribution in [0.1, 0.15) is 25.8 Å². The largest absolute Gasteiger partial charge is 0.477 e. The smallest absolute Gasteiger partial charge is 0.394 e. The van der Waals surface area contributed by atoms with Crippen LogP contribution in [0.15, 0.2) is 33.1 Å². The summed E-state index contributed by atoms with van der Waals surface area (Å²) in [6.07, 6.45) is -5.67. The van der Waals surface area contributed by atoms with Gasteiger partial charge in [0.15, 0.2) is 4.34 Å². The van der Waals surface area contributed by atoms with E-state index in [1.165, 1.54) is 28.0 Å². The van der Waals surface area contributed by atoms with Crippen LogP contribution in [-0.2, 0) is 16.1 Å². The quantitative estimate of drug-likeness (QED) is 0.356. The molecule has 1 amide bonds. The number of carboxylic acids is 1. The molecule has 1 aromatic carbocycles. The average molecular weight is 599 g/mol. The standard InChI is InChI=1S/C27H32F3N4O4S2/c1-15-21-20(16(2)35)24(36)32(21)22(25(37)38)23(15)40-26-31-18-13-17(3-4-19(18)39-26)14-34-10-7-33(8-11-34,9-12-34)6-5-27(28,29)30/h3-4,13,15-16,20-21,35H,5-12,14H2,1-2H3/q+1/p+1/t15-,16-,20-,21-,33?,34?/m1/s1. The van der Waals surface area contributed by atoms with Crippen molar-refractivity contribution in [3.63, 3.8) is 0 Å². The molecule has 7 rings (SSSR count). The minimum atomic E-state index is -4.11. The number of β-lactam (4-membered cyclic amide) rings is 1. The highest BCUT2D eigenvalue weighted by Crippen LogP contribution is 2.52. The van der Waals surface area contributed by atoms with E-state index in [9.17, 15) is 33.0 Å². The van der Waals surface area contributed by atoms with E-state index in [2.05, 4.69) is 12.1 Å². The molecule has 0 saturated carbocycles. The highest BCUT2D eigenvalue weighted by molar-refractivity contribution is 8.04. The summed E-state index contributed by atoms with van der Waals surface area (Å²) in [4.78, 5) is 31.5. The van der Waals surface area contributed by atoms with Crippen molar-refractivity contribution in [3.8, 4) is 0 Å². The van der Waals surface area contributed by atoms with Crippen LogP contribution in [0.3, 0.4) is 0 Å². The second-order valence-corrected chi connectivity index (χ2v) is 14.2. The van der Waals surface area contributed by atoms with Gasteiger partial charge in [-0.2, -0.15) is 13.2 Å². The number of aliphatic hydroxyl groups is 1. The molecule has 13 heteroatoms. The lowest BCUT2D eigenvalue weighted by Crippen LogP contribution is -2.74. The zero-order valence-electron chi connectivity index (χ0n) is 22.4. The summed E-state index contributed by atoms with van der Waals surface area (Å²) in [5.74, 6) is -2.35. The number of alkyl halides is 3. The first kappa shape index (κ1) is 28.0. The Balaban J connectivity index is 1.17. The van der Waals surface area contributed by atoms with Crippen molar-refractivity contribution in [2.75, 3.05) is 45.8 Å². The summed E-state index contributed by atoms with van der Waals surface area (Å²) in [5.41, 5.74) is 1.96. The number of aromatic nitrogens is 1. The Morgan fingerprint density at radius 1 is 1.20 bits per heavy atom. The molecular weight excluding hydrogens is 565 g/mol. The van der Waals surface area contributed by atoms with Crippen LogP contribution in [0.5, 0.6) is 0 Å². The van der Waals surface area contributed by atoms with Crippen molar-refractivity contribution in [2.24, 2.45) is 11.8 Å². The maximum Gasteiger partial charge on any atom is 0.394 e. The van der Waals surface area contributed by atoms with Gasteiger partial charge in [0.25, 0.3) is 0 Å². The lowest BCUT2D eigenvalue weighted by molar-refractivity contribution is -1.09. The van der Waals surface area contributed by atoms with Gasteiger partial charge in [0, 0.05) is 16.4 Å². The van der Waals surface area contributed by atoms with Crippen LogP contribution >= 0.6 is 23.1 Å². The highest BCUT2D eigenvalue weighted by Gasteiger charge is 2.60. The van der Waals surface area contributed by atoms with Crippen molar-refractivity contribution in [1.29, 1.82) is 0 Å². The molecule has 4 saturated heterocycles. The van der Waals surface area contributed by atoms with Crippen LogP contribution in [0.4, 0.5) is 13.2 Å². The summed E-state index contributed by atoms with van der Waals surface area (Å²) >= 11 is 2.76. The molecule has 4 atom stereocenters. The normalized spacial score (nSPS) is 32.5. The van der Waals surface area contributed by atoms with Crippen molar-refractivity contribution in [1.82, 2.24) is 9.88 Å². The van der Waals surface area contributed by atoms with Crippen molar-refractivity contribution in [2.45, 2.75) is 49.5 Å². The van der Waals surface area contributed by atoms with Gasteiger partial charge in [0.05, 0.1) is 41.2 Å². The number of fused-ring (bicyclic) bond motifs is 5. The first-order chi connectivity index (χ1) is 18.8. The first-order valence-corrected chi connectivity index (χ1v) is 15.3. The second-order valence-electron chi connectivity index (χ2n) is 11.9. The molecule has 2 N–H and O–H groups in total. The Bertz CT molecular complexity index is 1380. The van der Waals surface area contributed by atoms with E-state index in [-0.39, 0.29) is 30.1 Å². The minimum absolute atomic E-state index is 0.0138. The average Bonchev–Trinajstić information content (AvgIpc) is 3.39. The molecule has 2 bridgehead atoms. The van der Waals surface area contributed by atoms with Gasteiger partial charge in [-0.05, 0) is 19.1 Å². The molecule has 5 aliphatic rings. The molecule has 0 unspecified atom stereocenters. The maximum absolute atomic E-state index is 12.8. The first-order valence-electron chi connectivity index (χ1n) is 13.6. The van der Waals surface area contributed by atoms with Gasteiger partial charge in [-0.25, -0.2) is 9.78 Å². The van der Waals surface area contributed by atoms with Crippen LogP contribution in [0, 0.1) is 11.8 Å². The minimum Gasteiger partial charge on any atom is -0.477 e. The molecule has 6 heterocycles. The predicted molar refractivity (Wildman–Crippen MR) is 144 cm³/mol. The lowest BCUT2D eigenvalue weighted by atomic mass is 9.79. The van der Waals surface area contributed by atoms with E-state index in [1.807, 2.05) is 13.0 Å². The topological polar surface area (TPSA) is 90.7 Å². The molecule has 8 nitrogen and oxygen atoms in total. The van der Waals surface area contributed by atoms with Crippen molar-refractivity contribution in [3.05, 3.63) is 34.4 Å². The van der Waals surface area contributed by atoms with Gasteiger partial charge in [-0.3, -0.25) is 4.79 Å². The van der Waals surface area contributed by atoms with E-state index in [0.717, 1.165) is 66.1 Å². The Labute approximate surface area is 238 Å². The van der Waals surface area contributed by atoms with Crippen molar-refractivity contribution < 1.29 is 41.9 Å². The predicted octanol–water partition coefficient (Wildman–Crippen LogP) is 3.66. The number of halogens is 3. The van der Waals surface area contributed by atoms with Crippen LogP contribution in [-0.4, -0.2) is 105 Å². The number of carbonyl (C=O) groups is 2. The van der Waals surface area contributed by atoms with E-state index in [0.29, 0.717) is 13.7 Å². The number of carbonyl (C=O) groups excluding carboxylic acids is 1. The number of benzene rings is 1. The summed E-state index contributed by atoms with van der Waals surface area (Å²) in [5, 5.41) is 20.0. The van der Waals surface area contributed by atoms with Gasteiger partial charge >= 0.3 is 12.1 Å². The SMILES string of the molecule is C[C@@H](O)[C@H]1C(=O)N2C(C(=O)O)=C(Sc3nc4cc(C[N+]56CC[N+](CCC(F)(F)F)(CC5)CC6)ccc4s3)[C@H](C)[C@H]12. The molecule has 216 valence electrons. The molecule has 2 aromatic rings. The summed E-state index contributed by atoms with van der Waals surface area (Å²) in [7, 11) is 0. The lowest BCUT2D eigenvalue weighted by Gasteiger charge is -2.55. The molecule has 40 heavy (non-hydrogen) atoms. The Morgan fingerprint density at radius 3 is 2.45 bits per heavy atom. The number of aliphatic hydroxyl groups excluding tert-OH is 1. The summed E-state index contributed by atoms with van der Waals surface area (Å²) in [6.45, 7) is 9.44. The zero-order valence-corrected chi connectivity index (χ0v) is 24.0. The van der Waals surface area contributed by atoms with E-state index in [4.69, 9.17) is 4.98 Å². The van der Waals surface area contributed by atoms with Gasteiger partial charge in [-0.1, -0.05) is 24.8 Å². The Morgan fingerprint density at radius 2 is 1.85 bits per heavy atom. The van der Waals surface area contributed by atoms with Crippen molar-refractivity contribution >= 4 is 45.2 Å². The third-order valence-corrected chi connectivity index (χ3v) is 11.9. The fourth-order valence-corrected chi connectivity index (χ4v) is 9.43. The van der Waals surface area contributed by atoms with Crippen LogP contribution in [0.2, 0.25) is 0 Å². The third-order valence-electron chi connectivity index (χ3n) is 9.47. The Hall–Kier alpha value is -2.19. The number of thioether (sulfide) groups is 1. The van der Waals surface area contributed by atoms with E-state index >= 15 is 0 Å². The number of rotatable bonds is 8. The van der Waals surface area contributed by atoms with Crippen LogP contribution < -0.4 is 0 Å². The number of aliphatic carboxylic acids is 1. The molecule has 1 aromatic heterocycles. The third kappa shape index (κ3) is 4.73. The van der Waals surface area contributed by atoms with E-state index in [1.54, 1.807) is 6.92 Å². The van der Waals surface area contributed by atoms with Gasteiger partial charge < -0.3 is 24.1 Å². The number of carboxylic acid groups (broad SMARTS) is 1. The second kappa shape index (κ2) is 9.69. The highest BCUT2D eigenvalue weighted by atomic mass is 32.2. The number of thiazole rings is 1. The summed E-state index contributed by atoms with van der Waals surface area (Å²) in [6, 6.07) is 5.83. The number of piperazine rings is 3. The molecule has 5 aliphatic heterocycles. The van der Waals surface area contributed by atoms with Crippen LogP contribution in [0.25, 0.3) is 10.2 Å². The Kier molecular flexibility index (Phi) is 6.77. The molecule has 0 spiro atoms. The van der Waals surface area contributed by atoms with E-state index < -0.39 is 30.6 Å². The molecule has 4 fully saturated rings. The summed E-state index contributed by atoms with van der Waals surface area (Å²) < 4.78 is 41.7. The maximum atomic E-state index is 12.8. The fraction of sp³-hybridized carbons (Fsp3) is 0.593. The molecule has 0 radical (unpaired) electrons. The van der Waals surface area contributed by atoms with Gasteiger partial charge in [-0.15, -0.1) is 11.3 Å². The molecule has 0 aliphatic carbocycles. The van der Waals surface area contributed by atoms with Gasteiger partial charge in [0.2, 0.25) is 5.91 Å². The monoisotopic (exact) mass is 598 g/mol. The number of hydrogen-bond donors (Lipinski definition) is 2. The molecular formula is C27H33F3N4O4S2+2. The zero-order chi connectivity index (χ0) is 28.6. The number of quaternary nitrogens is 2. The number of amides is 1. The fourth-order valence-electron chi connectivity index (χ4n) is 7.11. The number of nitrogens with zero attached hydrogens (tertiary/aromatic N) is 4. The van der Waals surface area contributed by atoms with Gasteiger partial charge in [0.1, 0.15) is 51.5 Å².